The van der Waals surface area contributed by atoms with Gasteiger partial charge in [-0.15, -0.1) is 0 Å². The maximum Gasteiger partial charge on any atom is 0.223 e. The first-order chi connectivity index (χ1) is 11.7. The van der Waals surface area contributed by atoms with E-state index in [1.165, 1.54) is 12.8 Å². The maximum atomic E-state index is 12.7. The first kappa shape index (κ1) is 15.9. The minimum atomic E-state index is -0.0957. The molecule has 1 aliphatic carbocycles. The first-order valence-electron chi connectivity index (χ1n) is 9.55. The normalized spacial score (nSPS) is 33.0. The lowest BCUT2D eigenvalue weighted by Gasteiger charge is -2.45. The number of carbonyl (C=O) groups is 1. The number of hydrogen-bond donors (Lipinski definition) is 2. The van der Waals surface area contributed by atoms with Gasteiger partial charge in [-0.3, -0.25) is 4.79 Å². The van der Waals surface area contributed by atoms with Crippen molar-refractivity contribution in [1.29, 1.82) is 0 Å². The molecule has 0 unspecified atom stereocenters. The summed E-state index contributed by atoms with van der Waals surface area (Å²) >= 11 is 0. The average molecular weight is 329 g/mol. The van der Waals surface area contributed by atoms with E-state index in [0.717, 1.165) is 56.5 Å². The van der Waals surface area contributed by atoms with Gasteiger partial charge in [0.15, 0.2) is 0 Å². The fraction of sp³-hybridized carbons (Fsp3) is 0.650. The predicted molar refractivity (Wildman–Crippen MR) is 93.1 cm³/mol. The molecule has 0 bridgehead atoms. The molecule has 1 amide bonds. The van der Waals surface area contributed by atoms with E-state index >= 15 is 0 Å². The minimum absolute atomic E-state index is 0.0957. The van der Waals surface area contributed by atoms with Crippen molar-refractivity contribution in [3.8, 4) is 5.75 Å². The van der Waals surface area contributed by atoms with E-state index in [-0.39, 0.29) is 23.5 Å². The summed E-state index contributed by atoms with van der Waals surface area (Å²) in [5.74, 6) is 1.45. The number of fused-ring (bicyclic) bond motifs is 1. The van der Waals surface area contributed by atoms with Crippen molar-refractivity contribution < 1.29 is 14.4 Å². The van der Waals surface area contributed by atoms with Crippen molar-refractivity contribution in [3.63, 3.8) is 0 Å². The van der Waals surface area contributed by atoms with Crippen LogP contribution >= 0.6 is 0 Å². The Kier molecular flexibility index (Phi) is 4.25. The summed E-state index contributed by atoms with van der Waals surface area (Å²) in [7, 11) is 2.25. The van der Waals surface area contributed by atoms with Gasteiger partial charge in [0.1, 0.15) is 11.4 Å². The highest BCUT2D eigenvalue weighted by molar-refractivity contribution is 5.79. The standard InChI is InChI=1S/C20H28N2O2/c1-22-12-10-20(11-13-22)14-17(16-8-4-5-9-18(16)24-20)21-19(23)15-6-2-3-7-15/h4-5,8-9,15,17H,2-3,6-7,10-14H2,1H3,(H,21,23)/p+1/t17-/m0/s1. The van der Waals surface area contributed by atoms with Crippen LogP contribution in [-0.4, -0.2) is 31.6 Å². The Morgan fingerprint density at radius 3 is 2.67 bits per heavy atom. The maximum absolute atomic E-state index is 12.7. The Bertz CT molecular complexity index is 601. The largest absolute Gasteiger partial charge is 0.486 e. The molecule has 4 nitrogen and oxygen atoms in total. The lowest BCUT2D eigenvalue weighted by Crippen LogP contribution is -3.10. The van der Waals surface area contributed by atoms with E-state index in [2.05, 4.69) is 24.5 Å². The molecule has 1 atom stereocenters. The molecule has 4 rings (SSSR count). The second-order valence-electron chi connectivity index (χ2n) is 8.03. The molecule has 2 heterocycles. The summed E-state index contributed by atoms with van der Waals surface area (Å²) in [5.41, 5.74) is 1.06. The van der Waals surface area contributed by atoms with Crippen LogP contribution in [0.15, 0.2) is 24.3 Å². The zero-order valence-electron chi connectivity index (χ0n) is 14.6. The topological polar surface area (TPSA) is 42.8 Å². The third kappa shape index (κ3) is 3.04. The third-order valence-electron chi connectivity index (χ3n) is 6.25. The zero-order valence-corrected chi connectivity index (χ0v) is 14.6. The quantitative estimate of drug-likeness (QED) is 0.870. The van der Waals surface area contributed by atoms with Crippen LogP contribution in [0.4, 0.5) is 0 Å². The van der Waals surface area contributed by atoms with E-state index in [4.69, 9.17) is 4.74 Å². The molecular formula is C20H29N2O2+. The number of ether oxygens (including phenoxy) is 1. The van der Waals surface area contributed by atoms with Gasteiger partial charge in [0.2, 0.25) is 5.91 Å². The zero-order chi connectivity index (χ0) is 16.6. The lowest BCUT2D eigenvalue weighted by atomic mass is 9.80. The van der Waals surface area contributed by atoms with Crippen LogP contribution in [0.2, 0.25) is 0 Å². The van der Waals surface area contributed by atoms with Crippen LogP contribution in [-0.2, 0) is 4.79 Å². The van der Waals surface area contributed by atoms with Gasteiger partial charge in [-0.25, -0.2) is 0 Å². The third-order valence-corrected chi connectivity index (χ3v) is 6.25. The molecule has 0 aromatic heterocycles. The van der Waals surface area contributed by atoms with Gasteiger partial charge in [0, 0.05) is 30.7 Å². The molecule has 1 aromatic carbocycles. The Morgan fingerprint density at radius 1 is 1.21 bits per heavy atom. The average Bonchev–Trinajstić information content (AvgIpc) is 3.13. The molecule has 4 heteroatoms. The summed E-state index contributed by atoms with van der Waals surface area (Å²) < 4.78 is 6.48. The highest BCUT2D eigenvalue weighted by atomic mass is 16.5. The summed E-state index contributed by atoms with van der Waals surface area (Å²) in [4.78, 5) is 14.3. The van der Waals surface area contributed by atoms with Crippen molar-refractivity contribution >= 4 is 5.91 Å². The Labute approximate surface area is 144 Å². The number of piperidine rings is 1. The highest BCUT2D eigenvalue weighted by Crippen LogP contribution is 2.43. The van der Waals surface area contributed by atoms with Crippen molar-refractivity contribution in [2.45, 2.75) is 56.6 Å². The smallest absolute Gasteiger partial charge is 0.223 e. The van der Waals surface area contributed by atoms with Crippen LogP contribution in [0.5, 0.6) is 5.75 Å². The predicted octanol–water partition coefficient (Wildman–Crippen LogP) is 1.86. The number of para-hydroxylation sites is 1. The molecule has 3 aliphatic rings. The van der Waals surface area contributed by atoms with Crippen molar-refractivity contribution in [2.24, 2.45) is 5.92 Å². The summed E-state index contributed by atoms with van der Waals surface area (Å²) in [6, 6.07) is 8.36. The Hall–Kier alpha value is -1.55. The number of benzene rings is 1. The van der Waals surface area contributed by atoms with E-state index in [9.17, 15) is 4.79 Å². The van der Waals surface area contributed by atoms with Gasteiger partial charge in [-0.1, -0.05) is 31.0 Å². The summed E-state index contributed by atoms with van der Waals surface area (Å²) in [6.45, 7) is 2.29. The van der Waals surface area contributed by atoms with E-state index in [1.54, 1.807) is 4.90 Å². The summed E-state index contributed by atoms with van der Waals surface area (Å²) in [5, 5.41) is 3.37. The number of nitrogens with one attached hydrogen (secondary N) is 2. The van der Waals surface area contributed by atoms with E-state index in [0.29, 0.717) is 0 Å². The van der Waals surface area contributed by atoms with Gasteiger partial charge < -0.3 is 15.0 Å². The number of likely N-dealkylation sites (tertiary alicyclic amines) is 1. The Morgan fingerprint density at radius 2 is 1.92 bits per heavy atom. The molecule has 1 aromatic rings. The molecular weight excluding hydrogens is 300 g/mol. The highest BCUT2D eigenvalue weighted by Gasteiger charge is 2.44. The van der Waals surface area contributed by atoms with E-state index < -0.39 is 0 Å². The lowest BCUT2D eigenvalue weighted by molar-refractivity contribution is -0.887. The molecule has 24 heavy (non-hydrogen) atoms. The van der Waals surface area contributed by atoms with Crippen LogP contribution < -0.4 is 15.0 Å². The van der Waals surface area contributed by atoms with Gasteiger partial charge in [-0.2, -0.15) is 0 Å². The Balaban J connectivity index is 1.56. The first-order valence-corrected chi connectivity index (χ1v) is 9.55. The molecule has 130 valence electrons. The van der Waals surface area contributed by atoms with Crippen molar-refractivity contribution in [1.82, 2.24) is 5.32 Å². The van der Waals surface area contributed by atoms with Gasteiger partial charge in [0.25, 0.3) is 0 Å². The number of quaternary nitrogens is 1. The van der Waals surface area contributed by atoms with Crippen LogP contribution in [0, 0.1) is 5.92 Å². The SMILES string of the molecule is C[NH+]1CCC2(CC1)C[C@H](NC(=O)C1CCCC1)c1ccccc1O2. The van der Waals surface area contributed by atoms with Crippen LogP contribution in [0.3, 0.4) is 0 Å². The molecule has 1 saturated carbocycles. The monoisotopic (exact) mass is 329 g/mol. The van der Waals surface area contributed by atoms with Crippen LogP contribution in [0.25, 0.3) is 0 Å². The number of amides is 1. The molecule has 1 spiro atoms. The minimum Gasteiger partial charge on any atom is -0.486 e. The fourth-order valence-electron chi connectivity index (χ4n) is 4.66. The summed E-state index contributed by atoms with van der Waals surface area (Å²) in [6.07, 6.45) is 7.55. The molecule has 2 N–H and O–H groups in total. The van der Waals surface area contributed by atoms with Gasteiger partial charge in [-0.05, 0) is 18.9 Å². The van der Waals surface area contributed by atoms with Crippen molar-refractivity contribution in [2.75, 3.05) is 20.1 Å². The van der Waals surface area contributed by atoms with E-state index in [1.807, 2.05) is 12.1 Å². The van der Waals surface area contributed by atoms with Crippen LogP contribution in [0.1, 0.15) is 56.6 Å². The fourth-order valence-corrected chi connectivity index (χ4v) is 4.66. The molecule has 2 aliphatic heterocycles. The number of hydrogen-bond acceptors (Lipinski definition) is 2. The van der Waals surface area contributed by atoms with Gasteiger partial charge >= 0.3 is 0 Å². The van der Waals surface area contributed by atoms with Gasteiger partial charge in [0.05, 0.1) is 26.2 Å². The van der Waals surface area contributed by atoms with Crippen molar-refractivity contribution in [3.05, 3.63) is 29.8 Å². The molecule has 0 radical (unpaired) electrons. The second kappa shape index (κ2) is 6.40. The molecule has 2 fully saturated rings. The number of carbonyl (C=O) groups excluding carboxylic acids is 1. The molecule has 1 saturated heterocycles. The number of rotatable bonds is 2. The second-order valence-corrected chi connectivity index (χ2v) is 8.03.